The molecule has 0 radical (unpaired) electrons. The zero-order valence-corrected chi connectivity index (χ0v) is 7.97. The number of methoxy groups -OCH3 is 1. The second kappa shape index (κ2) is 5.94. The van der Waals surface area contributed by atoms with Crippen LogP contribution in [0.1, 0.15) is 5.56 Å². The van der Waals surface area contributed by atoms with Crippen molar-refractivity contribution >= 4 is 12.4 Å². The summed E-state index contributed by atoms with van der Waals surface area (Å²) >= 11 is 0. The molecule has 0 unspecified atom stereocenters. The van der Waals surface area contributed by atoms with Crippen molar-refractivity contribution in [1.29, 1.82) is 0 Å². The maximum atomic E-state index is 10.1. The van der Waals surface area contributed by atoms with Crippen LogP contribution in [0.25, 0.3) is 6.08 Å². The highest BCUT2D eigenvalue weighted by Crippen LogP contribution is 2.12. The van der Waals surface area contributed by atoms with Crippen molar-refractivity contribution in [1.82, 2.24) is 0 Å². The van der Waals surface area contributed by atoms with Gasteiger partial charge in [-0.15, -0.1) is 0 Å². The molecule has 0 N–H and O–H groups in total. The van der Waals surface area contributed by atoms with Gasteiger partial charge in [-0.2, -0.15) is 0 Å². The van der Waals surface area contributed by atoms with Crippen LogP contribution in [0.15, 0.2) is 30.3 Å². The quantitative estimate of drug-likeness (QED) is 0.406. The molecular weight excluding hydrogens is 180 g/mol. The fourth-order valence-electron chi connectivity index (χ4n) is 0.953. The monoisotopic (exact) mass is 192 g/mol. The van der Waals surface area contributed by atoms with E-state index in [1.807, 2.05) is 24.3 Å². The van der Waals surface area contributed by atoms with Gasteiger partial charge in [0.1, 0.15) is 12.0 Å². The van der Waals surface area contributed by atoms with E-state index in [1.165, 1.54) is 6.08 Å². The molecule has 0 saturated heterocycles. The summed E-state index contributed by atoms with van der Waals surface area (Å²) in [6, 6.07) is 7.38. The summed E-state index contributed by atoms with van der Waals surface area (Å²) < 4.78 is 9.96. The Labute approximate surface area is 83.0 Å². The van der Waals surface area contributed by atoms with Crippen LogP contribution < -0.4 is 4.74 Å². The molecule has 1 aromatic rings. The molecule has 0 spiro atoms. The molecule has 0 atom stereocenters. The molecule has 0 saturated carbocycles. The molecule has 3 heteroatoms. The third-order valence-corrected chi connectivity index (χ3v) is 1.59. The van der Waals surface area contributed by atoms with E-state index in [0.29, 0.717) is 0 Å². The highest BCUT2D eigenvalue weighted by atomic mass is 16.7. The highest BCUT2D eigenvalue weighted by molar-refractivity contribution is 5.73. The zero-order valence-electron chi connectivity index (χ0n) is 7.97. The number of benzene rings is 1. The van der Waals surface area contributed by atoms with Gasteiger partial charge in [-0.3, -0.25) is 4.79 Å². The van der Waals surface area contributed by atoms with Crippen LogP contribution in [0.4, 0.5) is 0 Å². The first-order valence-corrected chi connectivity index (χ1v) is 4.20. The number of aldehydes is 1. The van der Waals surface area contributed by atoms with E-state index in [4.69, 9.17) is 9.47 Å². The third kappa shape index (κ3) is 3.41. The lowest BCUT2D eigenvalue weighted by molar-refractivity contribution is -0.104. The van der Waals surface area contributed by atoms with Gasteiger partial charge in [0.15, 0.2) is 6.79 Å². The third-order valence-electron chi connectivity index (χ3n) is 1.59. The molecule has 0 aliphatic heterocycles. The summed E-state index contributed by atoms with van der Waals surface area (Å²) in [5, 5.41) is 0. The average molecular weight is 192 g/mol. The first-order chi connectivity index (χ1) is 6.86. The van der Waals surface area contributed by atoms with Crippen molar-refractivity contribution in [3.63, 3.8) is 0 Å². The molecule has 0 heterocycles. The minimum Gasteiger partial charge on any atom is -0.468 e. The van der Waals surface area contributed by atoms with Crippen LogP contribution in [-0.4, -0.2) is 20.2 Å². The van der Waals surface area contributed by atoms with Gasteiger partial charge < -0.3 is 9.47 Å². The standard InChI is InChI=1S/C11H12O3/c1-13-9-14-11-6-4-10(5-7-11)3-2-8-12/h2-8H,9H2,1H3/b3-2+. The molecule has 0 amide bonds. The molecule has 74 valence electrons. The Morgan fingerprint density at radius 2 is 2.00 bits per heavy atom. The largest absolute Gasteiger partial charge is 0.468 e. The van der Waals surface area contributed by atoms with Gasteiger partial charge >= 0.3 is 0 Å². The average Bonchev–Trinajstić information content (AvgIpc) is 2.25. The summed E-state index contributed by atoms with van der Waals surface area (Å²) in [4.78, 5) is 10.1. The van der Waals surface area contributed by atoms with Crippen molar-refractivity contribution in [2.75, 3.05) is 13.9 Å². The lowest BCUT2D eigenvalue weighted by Crippen LogP contribution is -1.98. The van der Waals surface area contributed by atoms with Crippen LogP contribution in [0, 0.1) is 0 Å². The number of carbonyl (C=O) groups is 1. The number of carbonyl (C=O) groups excluding carboxylic acids is 1. The van der Waals surface area contributed by atoms with E-state index in [9.17, 15) is 4.79 Å². The maximum absolute atomic E-state index is 10.1. The molecule has 1 aromatic carbocycles. The van der Waals surface area contributed by atoms with E-state index >= 15 is 0 Å². The van der Waals surface area contributed by atoms with Crippen molar-refractivity contribution in [2.45, 2.75) is 0 Å². The van der Waals surface area contributed by atoms with Gasteiger partial charge in [-0.05, 0) is 23.8 Å². The normalized spacial score (nSPS) is 10.4. The minimum absolute atomic E-state index is 0.240. The zero-order chi connectivity index (χ0) is 10.2. The number of ether oxygens (including phenoxy) is 2. The lowest BCUT2D eigenvalue weighted by atomic mass is 10.2. The van der Waals surface area contributed by atoms with Crippen LogP contribution in [0.3, 0.4) is 0 Å². The summed E-state index contributed by atoms with van der Waals surface area (Å²) in [7, 11) is 1.57. The molecule has 0 bridgehead atoms. The Morgan fingerprint density at radius 3 is 2.57 bits per heavy atom. The first-order valence-electron chi connectivity index (χ1n) is 4.20. The Kier molecular flexibility index (Phi) is 4.44. The maximum Gasteiger partial charge on any atom is 0.188 e. The van der Waals surface area contributed by atoms with Crippen LogP contribution in [0.5, 0.6) is 5.75 Å². The van der Waals surface area contributed by atoms with Crippen LogP contribution in [-0.2, 0) is 9.53 Å². The van der Waals surface area contributed by atoms with Crippen molar-refractivity contribution in [2.24, 2.45) is 0 Å². The van der Waals surface area contributed by atoms with Crippen molar-refractivity contribution < 1.29 is 14.3 Å². The molecule has 1 rings (SSSR count). The fourth-order valence-corrected chi connectivity index (χ4v) is 0.953. The molecule has 0 aliphatic rings. The van der Waals surface area contributed by atoms with E-state index in [1.54, 1.807) is 13.2 Å². The first kappa shape index (κ1) is 10.5. The predicted molar refractivity (Wildman–Crippen MR) is 54.0 cm³/mol. The van der Waals surface area contributed by atoms with Gasteiger partial charge in [0.2, 0.25) is 0 Å². The number of allylic oxidation sites excluding steroid dienone is 1. The second-order valence-electron chi connectivity index (χ2n) is 2.62. The summed E-state index contributed by atoms with van der Waals surface area (Å²) in [6.07, 6.45) is 3.92. The van der Waals surface area contributed by atoms with Crippen LogP contribution in [0.2, 0.25) is 0 Å². The summed E-state index contributed by atoms with van der Waals surface area (Å²) in [5.41, 5.74) is 0.960. The van der Waals surface area contributed by atoms with E-state index in [-0.39, 0.29) is 6.79 Å². The molecule has 3 nitrogen and oxygen atoms in total. The van der Waals surface area contributed by atoms with Gasteiger partial charge in [-0.1, -0.05) is 18.2 Å². The van der Waals surface area contributed by atoms with E-state index in [2.05, 4.69) is 0 Å². The second-order valence-corrected chi connectivity index (χ2v) is 2.62. The lowest BCUT2D eigenvalue weighted by Gasteiger charge is -2.03. The Bertz CT molecular complexity index is 301. The molecule has 0 aromatic heterocycles. The SMILES string of the molecule is COCOc1ccc(/C=C/C=O)cc1. The molecule has 0 aliphatic carbocycles. The van der Waals surface area contributed by atoms with Gasteiger partial charge in [0.05, 0.1) is 0 Å². The molecular formula is C11H12O3. The van der Waals surface area contributed by atoms with E-state index < -0.39 is 0 Å². The Balaban J connectivity index is 2.59. The predicted octanol–water partition coefficient (Wildman–Crippen LogP) is 1.88. The smallest absolute Gasteiger partial charge is 0.188 e. The fraction of sp³-hybridized carbons (Fsp3) is 0.182. The van der Waals surface area contributed by atoms with Gasteiger partial charge in [0.25, 0.3) is 0 Å². The van der Waals surface area contributed by atoms with Gasteiger partial charge in [-0.25, -0.2) is 0 Å². The Morgan fingerprint density at radius 1 is 1.29 bits per heavy atom. The van der Waals surface area contributed by atoms with Gasteiger partial charge in [0, 0.05) is 7.11 Å². The van der Waals surface area contributed by atoms with E-state index in [0.717, 1.165) is 17.6 Å². The summed E-state index contributed by atoms with van der Waals surface area (Å²) in [6.45, 7) is 0.240. The number of rotatable bonds is 5. The van der Waals surface area contributed by atoms with Crippen molar-refractivity contribution in [3.8, 4) is 5.75 Å². The summed E-state index contributed by atoms with van der Waals surface area (Å²) in [5.74, 6) is 0.745. The number of hydrogen-bond acceptors (Lipinski definition) is 3. The molecule has 0 fully saturated rings. The number of hydrogen-bond donors (Lipinski definition) is 0. The molecule has 14 heavy (non-hydrogen) atoms. The minimum atomic E-state index is 0.240. The van der Waals surface area contributed by atoms with Crippen LogP contribution >= 0.6 is 0 Å². The van der Waals surface area contributed by atoms with Crippen molar-refractivity contribution in [3.05, 3.63) is 35.9 Å². The highest BCUT2D eigenvalue weighted by Gasteiger charge is 1.91. The topological polar surface area (TPSA) is 35.5 Å². The Hall–Kier alpha value is -1.61.